The van der Waals surface area contributed by atoms with Crippen molar-refractivity contribution in [2.45, 2.75) is 18.6 Å². The van der Waals surface area contributed by atoms with Crippen molar-refractivity contribution in [2.75, 3.05) is 44.3 Å². The SMILES string of the molecule is O=C(O)N[C@@H]1CCN(c2c(C(=O)N3CCOCC3)cc(Br)cc2C(F)(F)F)C1. The normalized spacial score (nSPS) is 20.4. The number of nitrogens with zero attached hydrogens (tertiary/aromatic N) is 2. The summed E-state index contributed by atoms with van der Waals surface area (Å²) >= 11 is 3.08. The first-order valence-electron chi connectivity index (χ1n) is 8.69. The number of hydrogen-bond acceptors (Lipinski definition) is 4. The zero-order chi connectivity index (χ0) is 20.5. The molecule has 2 amide bonds. The molecule has 1 atom stereocenters. The third-order valence-electron chi connectivity index (χ3n) is 4.74. The van der Waals surface area contributed by atoms with Gasteiger partial charge in [0.2, 0.25) is 0 Å². The van der Waals surface area contributed by atoms with Crippen molar-refractivity contribution in [3.8, 4) is 0 Å². The standard InChI is InChI=1S/C17H19BrF3N3O4/c18-10-7-12(15(25)23-3-5-28-6-4-23)14(13(8-10)17(19,20)21)24-2-1-11(9-24)22-16(26)27/h7-8,11,22H,1-6,9H2,(H,26,27)/t11-/m1/s1. The van der Waals surface area contributed by atoms with Crippen LogP contribution >= 0.6 is 15.9 Å². The summed E-state index contributed by atoms with van der Waals surface area (Å²) in [6.45, 7) is 1.52. The first kappa shape index (κ1) is 20.7. The number of carboxylic acid groups (broad SMARTS) is 1. The lowest BCUT2D eigenvalue weighted by atomic mass is 10.0. The van der Waals surface area contributed by atoms with Crippen molar-refractivity contribution in [3.63, 3.8) is 0 Å². The monoisotopic (exact) mass is 465 g/mol. The molecule has 1 aromatic carbocycles. The first-order chi connectivity index (χ1) is 13.2. The van der Waals surface area contributed by atoms with Gasteiger partial charge in [-0.05, 0) is 18.6 Å². The number of rotatable bonds is 3. The zero-order valence-corrected chi connectivity index (χ0v) is 16.3. The van der Waals surface area contributed by atoms with Gasteiger partial charge in [0.1, 0.15) is 0 Å². The molecule has 2 saturated heterocycles. The van der Waals surface area contributed by atoms with Gasteiger partial charge in [0, 0.05) is 30.7 Å². The molecular weight excluding hydrogens is 447 g/mol. The molecule has 11 heteroatoms. The predicted molar refractivity (Wildman–Crippen MR) is 97.6 cm³/mol. The summed E-state index contributed by atoms with van der Waals surface area (Å²) in [5.74, 6) is -0.500. The molecular formula is C17H19BrF3N3O4. The molecule has 154 valence electrons. The fourth-order valence-corrected chi connectivity index (χ4v) is 3.97. The number of amides is 2. The number of carbonyl (C=O) groups is 2. The molecule has 1 aromatic rings. The highest BCUT2D eigenvalue weighted by Crippen LogP contribution is 2.42. The van der Waals surface area contributed by atoms with Gasteiger partial charge < -0.3 is 25.0 Å². The fourth-order valence-electron chi connectivity index (χ4n) is 3.51. The Labute approximate surface area is 167 Å². The van der Waals surface area contributed by atoms with Crippen LogP contribution in [0.15, 0.2) is 16.6 Å². The van der Waals surface area contributed by atoms with Crippen molar-refractivity contribution in [2.24, 2.45) is 0 Å². The van der Waals surface area contributed by atoms with Crippen LogP contribution in [-0.2, 0) is 10.9 Å². The maximum Gasteiger partial charge on any atom is 0.418 e. The molecule has 0 spiro atoms. The molecule has 0 aromatic heterocycles. The minimum atomic E-state index is -4.67. The lowest BCUT2D eigenvalue weighted by Crippen LogP contribution is -2.42. The molecule has 28 heavy (non-hydrogen) atoms. The van der Waals surface area contributed by atoms with E-state index in [1.165, 1.54) is 15.9 Å². The van der Waals surface area contributed by atoms with Crippen LogP contribution in [0.25, 0.3) is 0 Å². The van der Waals surface area contributed by atoms with Crippen molar-refractivity contribution in [3.05, 3.63) is 27.7 Å². The average molecular weight is 466 g/mol. The van der Waals surface area contributed by atoms with Crippen LogP contribution in [0.3, 0.4) is 0 Å². The summed E-state index contributed by atoms with van der Waals surface area (Å²) in [5.41, 5.74) is -1.18. The van der Waals surface area contributed by atoms with E-state index in [0.29, 0.717) is 32.7 Å². The Bertz CT molecular complexity index is 769. The second kappa shape index (κ2) is 8.16. The minimum absolute atomic E-state index is 0.0559. The minimum Gasteiger partial charge on any atom is -0.465 e. The number of alkyl halides is 3. The van der Waals surface area contributed by atoms with Gasteiger partial charge in [0.15, 0.2) is 0 Å². The number of morpholine rings is 1. The maximum absolute atomic E-state index is 13.8. The van der Waals surface area contributed by atoms with E-state index < -0.39 is 29.8 Å². The number of halogens is 4. The zero-order valence-electron chi connectivity index (χ0n) is 14.8. The molecule has 2 aliphatic rings. The van der Waals surface area contributed by atoms with Crippen molar-refractivity contribution in [1.29, 1.82) is 0 Å². The van der Waals surface area contributed by atoms with E-state index in [2.05, 4.69) is 21.2 Å². The average Bonchev–Trinajstić information content (AvgIpc) is 3.07. The third kappa shape index (κ3) is 4.52. The molecule has 2 fully saturated rings. The smallest absolute Gasteiger partial charge is 0.418 e. The quantitative estimate of drug-likeness (QED) is 0.717. The van der Waals surface area contributed by atoms with Gasteiger partial charge in [0.05, 0.1) is 36.1 Å². The second-order valence-electron chi connectivity index (χ2n) is 6.63. The topological polar surface area (TPSA) is 82.1 Å². The summed E-state index contributed by atoms with van der Waals surface area (Å²) in [7, 11) is 0. The van der Waals surface area contributed by atoms with E-state index in [4.69, 9.17) is 9.84 Å². The number of carbonyl (C=O) groups excluding carboxylic acids is 1. The predicted octanol–water partition coefficient (Wildman–Crippen LogP) is 2.79. The van der Waals surface area contributed by atoms with Crippen LogP contribution in [0.5, 0.6) is 0 Å². The van der Waals surface area contributed by atoms with Crippen LogP contribution < -0.4 is 10.2 Å². The van der Waals surface area contributed by atoms with E-state index in [1.807, 2.05) is 0 Å². The van der Waals surface area contributed by atoms with Crippen LogP contribution in [0.4, 0.5) is 23.7 Å². The summed E-state index contributed by atoms with van der Waals surface area (Å²) in [5, 5.41) is 11.2. The lowest BCUT2D eigenvalue weighted by Gasteiger charge is -2.31. The third-order valence-corrected chi connectivity index (χ3v) is 5.20. The molecule has 2 N–H and O–H groups in total. The Morgan fingerprint density at radius 1 is 1.21 bits per heavy atom. The van der Waals surface area contributed by atoms with E-state index >= 15 is 0 Å². The number of benzene rings is 1. The Kier molecular flexibility index (Phi) is 6.04. The number of ether oxygens (including phenoxy) is 1. The highest BCUT2D eigenvalue weighted by Gasteiger charge is 2.40. The highest BCUT2D eigenvalue weighted by molar-refractivity contribution is 9.10. The molecule has 2 aliphatic heterocycles. The second-order valence-corrected chi connectivity index (χ2v) is 7.55. The van der Waals surface area contributed by atoms with E-state index in [0.717, 1.165) is 6.07 Å². The van der Waals surface area contributed by atoms with Gasteiger partial charge in [0.25, 0.3) is 5.91 Å². The summed E-state index contributed by atoms with van der Waals surface area (Å²) in [6.07, 6.45) is -5.55. The van der Waals surface area contributed by atoms with Crippen molar-refractivity contribution >= 4 is 33.6 Å². The molecule has 2 heterocycles. The molecule has 0 radical (unpaired) electrons. The van der Waals surface area contributed by atoms with Gasteiger partial charge in [-0.3, -0.25) is 4.79 Å². The number of hydrogen-bond donors (Lipinski definition) is 2. The molecule has 0 unspecified atom stereocenters. The summed E-state index contributed by atoms with van der Waals surface area (Å²) in [4.78, 5) is 26.8. The van der Waals surface area contributed by atoms with Crippen molar-refractivity contribution < 1.29 is 32.6 Å². The largest absolute Gasteiger partial charge is 0.465 e. The van der Waals surface area contributed by atoms with Gasteiger partial charge >= 0.3 is 12.3 Å². The molecule has 0 aliphatic carbocycles. The maximum atomic E-state index is 13.8. The molecule has 0 saturated carbocycles. The Morgan fingerprint density at radius 2 is 1.89 bits per heavy atom. The van der Waals surface area contributed by atoms with Crippen molar-refractivity contribution in [1.82, 2.24) is 10.2 Å². The highest BCUT2D eigenvalue weighted by atomic mass is 79.9. The van der Waals surface area contributed by atoms with Crippen LogP contribution in [0, 0.1) is 0 Å². The molecule has 7 nitrogen and oxygen atoms in total. The first-order valence-corrected chi connectivity index (χ1v) is 9.48. The number of anilines is 1. The Hall–Kier alpha value is -2.01. The van der Waals surface area contributed by atoms with E-state index in [9.17, 15) is 22.8 Å². The van der Waals surface area contributed by atoms with Gasteiger partial charge in [-0.15, -0.1) is 0 Å². The van der Waals surface area contributed by atoms with Gasteiger partial charge in [-0.1, -0.05) is 15.9 Å². The Balaban J connectivity index is 2.02. The van der Waals surface area contributed by atoms with Crippen LogP contribution in [0.2, 0.25) is 0 Å². The van der Waals surface area contributed by atoms with Crippen LogP contribution in [-0.4, -0.2) is 67.4 Å². The van der Waals surface area contributed by atoms with Crippen LogP contribution in [0.1, 0.15) is 22.3 Å². The van der Waals surface area contributed by atoms with E-state index in [-0.39, 0.29) is 28.8 Å². The summed E-state index contributed by atoms with van der Waals surface area (Å²) < 4.78 is 46.7. The van der Waals surface area contributed by atoms with Gasteiger partial charge in [-0.25, -0.2) is 4.79 Å². The summed E-state index contributed by atoms with van der Waals surface area (Å²) in [6, 6.07) is 1.83. The Morgan fingerprint density at radius 3 is 2.50 bits per heavy atom. The van der Waals surface area contributed by atoms with Gasteiger partial charge in [-0.2, -0.15) is 13.2 Å². The van der Waals surface area contributed by atoms with E-state index in [1.54, 1.807) is 0 Å². The molecule has 0 bridgehead atoms. The fraction of sp³-hybridized carbons (Fsp3) is 0.529. The number of nitrogens with one attached hydrogen (secondary N) is 1. The molecule has 3 rings (SSSR count). The lowest BCUT2D eigenvalue weighted by molar-refractivity contribution is -0.137.